The molecular formula is C33H29F5N8O5S. The third-order valence-electron chi connectivity index (χ3n) is 8.63. The van der Waals surface area contributed by atoms with E-state index in [2.05, 4.69) is 20.4 Å². The minimum Gasteiger partial charge on any atom is -0.505 e. The van der Waals surface area contributed by atoms with Crippen molar-refractivity contribution < 1.29 is 38.5 Å². The molecule has 272 valence electrons. The maximum atomic E-state index is 14.2. The maximum Gasteiger partial charge on any atom is 0.310 e. The molecule has 0 unspecified atom stereocenters. The summed E-state index contributed by atoms with van der Waals surface area (Å²) in [4.78, 5) is 50.5. The highest BCUT2D eigenvalue weighted by Crippen LogP contribution is 3.02. The Bertz CT molecular complexity index is 2440. The van der Waals surface area contributed by atoms with Gasteiger partial charge in [0.05, 0.1) is 12.0 Å². The number of anilines is 2. The molecule has 0 radical (unpaired) electrons. The molecule has 0 saturated carbocycles. The zero-order valence-corrected chi connectivity index (χ0v) is 28.0. The van der Waals surface area contributed by atoms with Crippen LogP contribution in [0.2, 0.25) is 0 Å². The fourth-order valence-corrected chi connectivity index (χ4v) is 6.78. The zero-order valence-electron chi connectivity index (χ0n) is 27.2. The molecule has 13 nitrogen and oxygen atoms in total. The van der Waals surface area contributed by atoms with Gasteiger partial charge in [0.25, 0.3) is 11.5 Å². The number of piperazine rings is 1. The van der Waals surface area contributed by atoms with Crippen LogP contribution < -0.4 is 15.8 Å². The first-order chi connectivity index (χ1) is 24.5. The molecule has 1 fully saturated rings. The Kier molecular flexibility index (Phi) is 7.81. The predicted octanol–water partition coefficient (Wildman–Crippen LogP) is 6.23. The number of hydrogen-bond acceptors (Lipinski definition) is 9. The number of aromatic hydroxyl groups is 1. The summed E-state index contributed by atoms with van der Waals surface area (Å²) >= 11 is 0. The Morgan fingerprint density at radius 1 is 0.981 bits per heavy atom. The van der Waals surface area contributed by atoms with Gasteiger partial charge >= 0.3 is 10.2 Å². The Balaban J connectivity index is 1.25. The quantitative estimate of drug-likeness (QED) is 0.173. The molecule has 1 aliphatic rings. The van der Waals surface area contributed by atoms with Gasteiger partial charge in [-0.3, -0.25) is 14.4 Å². The standard InChI is InChI=1S/C33H29F5N8O5S/c1-2-24-29(43-13-15-44(16-14-43)31(49)28-25(47)4-3-12-39-28)32(50)46-33(41-30(42-46)21-6-5-20-11-17-51-26(20)18-21)45(24)19-27(48)40-22-7-9-23(10-8-22)52(34,35,36,37)38/h3-12,17-18,47H,2,13-16,19H2,1H3,(H,40,48). The van der Waals surface area contributed by atoms with E-state index in [4.69, 9.17) is 4.42 Å². The van der Waals surface area contributed by atoms with E-state index < -0.39 is 39.0 Å². The number of rotatable bonds is 8. The third kappa shape index (κ3) is 6.49. The van der Waals surface area contributed by atoms with Crippen molar-refractivity contribution in [2.75, 3.05) is 36.4 Å². The fourth-order valence-electron chi connectivity index (χ4n) is 6.13. The van der Waals surface area contributed by atoms with Crippen molar-refractivity contribution in [3.63, 3.8) is 0 Å². The number of benzene rings is 2. The number of amides is 2. The smallest absolute Gasteiger partial charge is 0.310 e. The van der Waals surface area contributed by atoms with Gasteiger partial charge in [-0.05, 0) is 55.0 Å². The Hall–Kier alpha value is -5.98. The molecule has 7 rings (SSSR count). The van der Waals surface area contributed by atoms with Gasteiger partial charge in [-0.2, -0.15) is 9.50 Å². The van der Waals surface area contributed by atoms with Crippen LogP contribution in [0.1, 0.15) is 23.1 Å². The second-order valence-electron chi connectivity index (χ2n) is 12.1. The van der Waals surface area contributed by atoms with Crippen molar-refractivity contribution in [2.45, 2.75) is 24.8 Å². The van der Waals surface area contributed by atoms with Crippen molar-refractivity contribution in [2.24, 2.45) is 0 Å². The normalized spacial score (nSPS) is 15.1. The van der Waals surface area contributed by atoms with Gasteiger partial charge in [0.15, 0.2) is 11.5 Å². The number of nitrogens with zero attached hydrogens (tertiary/aromatic N) is 7. The number of nitrogens with one attached hydrogen (secondary N) is 1. The summed E-state index contributed by atoms with van der Waals surface area (Å²) < 4.78 is 74.3. The maximum absolute atomic E-state index is 14.2. The summed E-state index contributed by atoms with van der Waals surface area (Å²) in [5.74, 6) is -1.37. The van der Waals surface area contributed by atoms with Gasteiger partial charge in [0, 0.05) is 49.0 Å². The summed E-state index contributed by atoms with van der Waals surface area (Å²) in [5, 5.41) is 17.9. The van der Waals surface area contributed by atoms with E-state index in [1.807, 2.05) is 0 Å². The van der Waals surface area contributed by atoms with E-state index in [0.29, 0.717) is 16.8 Å². The molecular weight excluding hydrogens is 715 g/mol. The Morgan fingerprint density at radius 2 is 1.71 bits per heavy atom. The fraction of sp³-hybridized carbons (Fsp3) is 0.212. The zero-order chi connectivity index (χ0) is 37.1. The van der Waals surface area contributed by atoms with Crippen molar-refractivity contribution in [3.8, 4) is 17.1 Å². The van der Waals surface area contributed by atoms with E-state index in [-0.39, 0.29) is 79.2 Å². The summed E-state index contributed by atoms with van der Waals surface area (Å²) in [6, 6.07) is 11.7. The van der Waals surface area contributed by atoms with Gasteiger partial charge in [-0.1, -0.05) is 38.5 Å². The number of fused-ring (bicyclic) bond motifs is 2. The first kappa shape index (κ1) is 34.5. The highest BCUT2D eigenvalue weighted by Gasteiger charge is 2.65. The molecule has 2 aromatic carbocycles. The monoisotopic (exact) mass is 744 g/mol. The van der Waals surface area contributed by atoms with Gasteiger partial charge in [-0.25, -0.2) is 4.98 Å². The number of halogens is 5. The SMILES string of the molecule is CCc1c(N2CCN(C(=O)c3ncccc3O)CC2)c(=O)n2nc(-c3ccc4ccoc4c3)nc2n1CC(=O)Nc1ccc(S(F)(F)(F)(F)F)cc1. The summed E-state index contributed by atoms with van der Waals surface area (Å²) in [7, 11) is -9.92. The molecule has 0 spiro atoms. The first-order valence-electron chi connectivity index (χ1n) is 15.8. The lowest BCUT2D eigenvalue weighted by Gasteiger charge is -2.40. The Morgan fingerprint density at radius 3 is 2.38 bits per heavy atom. The third-order valence-corrected chi connectivity index (χ3v) is 9.80. The number of hydrogen-bond donors (Lipinski definition) is 2. The molecule has 2 N–H and O–H groups in total. The second-order valence-corrected chi connectivity index (χ2v) is 14.5. The topological polar surface area (TPSA) is 151 Å². The lowest BCUT2D eigenvalue weighted by molar-refractivity contribution is -0.116. The van der Waals surface area contributed by atoms with Crippen LogP contribution in [0.4, 0.5) is 30.8 Å². The summed E-state index contributed by atoms with van der Waals surface area (Å²) in [5.41, 5.74) is 0.805. The molecule has 1 aliphatic heterocycles. The van der Waals surface area contributed by atoms with Crippen molar-refractivity contribution in [3.05, 3.63) is 94.9 Å². The van der Waals surface area contributed by atoms with Crippen LogP contribution in [0.5, 0.6) is 5.75 Å². The molecule has 5 heterocycles. The van der Waals surface area contributed by atoms with E-state index in [9.17, 15) is 38.9 Å². The van der Waals surface area contributed by atoms with Crippen LogP contribution in [0.25, 0.3) is 28.1 Å². The summed E-state index contributed by atoms with van der Waals surface area (Å²) in [6.45, 7) is 1.97. The minimum absolute atomic E-state index is 0.00834. The van der Waals surface area contributed by atoms with Crippen molar-refractivity contribution >= 4 is 50.2 Å². The van der Waals surface area contributed by atoms with Crippen molar-refractivity contribution in [1.82, 2.24) is 29.0 Å². The van der Waals surface area contributed by atoms with Gasteiger partial charge in [-0.15, -0.1) is 5.10 Å². The number of pyridine rings is 1. The largest absolute Gasteiger partial charge is 0.505 e. The van der Waals surface area contributed by atoms with E-state index >= 15 is 0 Å². The second kappa shape index (κ2) is 11.8. The molecule has 2 amide bonds. The van der Waals surface area contributed by atoms with E-state index in [1.54, 1.807) is 36.1 Å². The minimum atomic E-state index is -9.92. The number of aromatic nitrogens is 5. The van der Waals surface area contributed by atoms with Gasteiger partial charge < -0.3 is 29.2 Å². The predicted molar refractivity (Wildman–Crippen MR) is 182 cm³/mol. The average Bonchev–Trinajstić information content (AvgIpc) is 3.76. The van der Waals surface area contributed by atoms with Gasteiger partial charge in [0.1, 0.15) is 28.5 Å². The molecule has 4 aromatic heterocycles. The highest BCUT2D eigenvalue weighted by molar-refractivity contribution is 8.45. The molecule has 0 aliphatic carbocycles. The Labute approximate surface area is 290 Å². The number of carbonyl (C=O) groups is 2. The van der Waals surface area contributed by atoms with Gasteiger partial charge in [0.2, 0.25) is 11.7 Å². The van der Waals surface area contributed by atoms with Crippen LogP contribution in [0, 0.1) is 0 Å². The molecule has 0 atom stereocenters. The van der Waals surface area contributed by atoms with Crippen LogP contribution in [0.15, 0.2) is 87.2 Å². The molecule has 19 heteroatoms. The highest BCUT2D eigenvalue weighted by atomic mass is 32.5. The number of furan rings is 1. The lowest BCUT2D eigenvalue weighted by Crippen LogP contribution is -2.51. The van der Waals surface area contributed by atoms with Crippen LogP contribution >= 0.6 is 10.2 Å². The number of carbonyl (C=O) groups excluding carboxylic acids is 2. The van der Waals surface area contributed by atoms with Crippen LogP contribution in [-0.4, -0.2) is 72.1 Å². The molecule has 52 heavy (non-hydrogen) atoms. The molecule has 0 bridgehead atoms. The van der Waals surface area contributed by atoms with Crippen LogP contribution in [-0.2, 0) is 17.8 Å². The molecule has 1 saturated heterocycles. The van der Waals surface area contributed by atoms with E-state index in [0.717, 1.165) is 22.0 Å². The van der Waals surface area contributed by atoms with Crippen LogP contribution in [0.3, 0.4) is 0 Å². The average molecular weight is 745 g/mol. The molecule has 6 aromatic rings. The lowest BCUT2D eigenvalue weighted by atomic mass is 10.1. The summed E-state index contributed by atoms with van der Waals surface area (Å²) in [6.07, 6.45) is 3.12. The first-order valence-corrected chi connectivity index (χ1v) is 17.8. The van der Waals surface area contributed by atoms with Crippen molar-refractivity contribution in [1.29, 1.82) is 0 Å². The van der Waals surface area contributed by atoms with E-state index in [1.165, 1.54) is 34.1 Å².